The molecule has 0 saturated heterocycles. The van der Waals surface area contributed by atoms with Crippen molar-refractivity contribution < 1.29 is 14.7 Å². The van der Waals surface area contributed by atoms with E-state index in [0.29, 0.717) is 37.9 Å². The molecule has 0 aliphatic heterocycles. The molecule has 4 heteroatoms. The Balaban J connectivity index is 2.50. The fourth-order valence-corrected chi connectivity index (χ4v) is 1.99. The Morgan fingerprint density at radius 2 is 1.88 bits per heavy atom. The number of ketones is 2. The lowest BCUT2D eigenvalue weighted by atomic mass is 9.74. The van der Waals surface area contributed by atoms with Crippen molar-refractivity contribution in [2.75, 3.05) is 19.7 Å². The Labute approximate surface area is 102 Å². The molecule has 1 aliphatic rings. The molecule has 17 heavy (non-hydrogen) atoms. The van der Waals surface area contributed by atoms with Gasteiger partial charge in [0.2, 0.25) is 0 Å². The Kier molecular flexibility index (Phi) is 5.02. The quantitative estimate of drug-likeness (QED) is 0.424. The summed E-state index contributed by atoms with van der Waals surface area (Å²) in [7, 11) is 0. The number of nitrogens with one attached hydrogen (secondary N) is 1. The molecule has 1 aliphatic carbocycles. The van der Waals surface area contributed by atoms with E-state index in [-0.39, 0.29) is 23.6 Å². The van der Waals surface area contributed by atoms with E-state index in [9.17, 15) is 9.59 Å². The maximum absolute atomic E-state index is 11.8. The number of allylic oxidation sites excluding steroid dienone is 1. The lowest BCUT2D eigenvalue weighted by Gasteiger charge is -2.28. The highest BCUT2D eigenvalue weighted by molar-refractivity contribution is 6.22. The largest absolute Gasteiger partial charge is 0.396 e. The van der Waals surface area contributed by atoms with Crippen molar-refractivity contribution >= 4 is 11.6 Å². The maximum Gasteiger partial charge on any atom is 0.166 e. The summed E-state index contributed by atoms with van der Waals surface area (Å²) < 4.78 is 0. The van der Waals surface area contributed by atoms with Gasteiger partial charge in [-0.05, 0) is 18.4 Å². The SMILES string of the molecule is CC1(C)CC(=O)C(=CCNCCCO)C(=O)C1. The van der Waals surface area contributed by atoms with Crippen LogP contribution >= 0.6 is 0 Å². The zero-order chi connectivity index (χ0) is 12.9. The van der Waals surface area contributed by atoms with Crippen LogP contribution in [0.25, 0.3) is 0 Å². The average molecular weight is 239 g/mol. The van der Waals surface area contributed by atoms with Crippen molar-refractivity contribution in [1.82, 2.24) is 5.32 Å². The summed E-state index contributed by atoms with van der Waals surface area (Å²) >= 11 is 0. The normalized spacial score (nSPS) is 19.6. The zero-order valence-electron chi connectivity index (χ0n) is 10.6. The van der Waals surface area contributed by atoms with Crippen LogP contribution in [0.4, 0.5) is 0 Å². The summed E-state index contributed by atoms with van der Waals surface area (Å²) in [6, 6.07) is 0. The highest BCUT2D eigenvalue weighted by atomic mass is 16.3. The topological polar surface area (TPSA) is 66.4 Å². The molecule has 0 aromatic heterocycles. The van der Waals surface area contributed by atoms with Gasteiger partial charge in [-0.15, -0.1) is 0 Å². The van der Waals surface area contributed by atoms with E-state index in [2.05, 4.69) is 5.32 Å². The number of carbonyl (C=O) groups excluding carboxylic acids is 2. The van der Waals surface area contributed by atoms with E-state index >= 15 is 0 Å². The molecule has 0 heterocycles. The Morgan fingerprint density at radius 1 is 1.29 bits per heavy atom. The smallest absolute Gasteiger partial charge is 0.166 e. The number of hydrogen-bond acceptors (Lipinski definition) is 4. The van der Waals surface area contributed by atoms with Crippen LogP contribution in [0.5, 0.6) is 0 Å². The van der Waals surface area contributed by atoms with E-state index < -0.39 is 0 Å². The van der Waals surface area contributed by atoms with Gasteiger partial charge in [0.25, 0.3) is 0 Å². The zero-order valence-corrected chi connectivity index (χ0v) is 10.6. The minimum absolute atomic E-state index is 0.0461. The van der Waals surface area contributed by atoms with E-state index in [4.69, 9.17) is 5.11 Å². The molecule has 1 saturated carbocycles. The van der Waals surface area contributed by atoms with E-state index in [1.807, 2.05) is 13.8 Å². The van der Waals surface area contributed by atoms with Gasteiger partial charge in [0.05, 0.1) is 5.57 Å². The fourth-order valence-electron chi connectivity index (χ4n) is 1.99. The molecule has 96 valence electrons. The lowest BCUT2D eigenvalue weighted by molar-refractivity contribution is -0.127. The first-order valence-corrected chi connectivity index (χ1v) is 6.04. The van der Waals surface area contributed by atoms with E-state index in [1.165, 1.54) is 0 Å². The van der Waals surface area contributed by atoms with Crippen LogP contribution < -0.4 is 5.32 Å². The highest BCUT2D eigenvalue weighted by Gasteiger charge is 2.35. The average Bonchev–Trinajstić information content (AvgIpc) is 2.19. The van der Waals surface area contributed by atoms with Gasteiger partial charge in [0.15, 0.2) is 11.6 Å². The van der Waals surface area contributed by atoms with Crippen LogP contribution in [-0.2, 0) is 9.59 Å². The van der Waals surface area contributed by atoms with Crippen molar-refractivity contribution in [3.05, 3.63) is 11.6 Å². The van der Waals surface area contributed by atoms with Crippen molar-refractivity contribution in [2.45, 2.75) is 33.1 Å². The van der Waals surface area contributed by atoms with Gasteiger partial charge in [0.1, 0.15) is 0 Å². The van der Waals surface area contributed by atoms with Crippen LogP contribution in [0.1, 0.15) is 33.1 Å². The first-order valence-electron chi connectivity index (χ1n) is 6.04. The Hall–Kier alpha value is -1.00. The van der Waals surface area contributed by atoms with Gasteiger partial charge in [-0.1, -0.05) is 19.9 Å². The second-order valence-corrected chi connectivity index (χ2v) is 5.26. The summed E-state index contributed by atoms with van der Waals surface area (Å²) in [6.45, 7) is 5.23. The molecule has 0 aromatic carbocycles. The maximum atomic E-state index is 11.8. The summed E-state index contributed by atoms with van der Waals surface area (Å²) in [5, 5.41) is 11.6. The predicted octanol–water partition coefficient (Wildman–Crippen LogP) is 0.843. The molecule has 0 bridgehead atoms. The van der Waals surface area contributed by atoms with Crippen molar-refractivity contribution in [2.24, 2.45) is 5.41 Å². The monoisotopic (exact) mass is 239 g/mol. The molecule has 0 radical (unpaired) electrons. The number of carbonyl (C=O) groups is 2. The van der Waals surface area contributed by atoms with E-state index in [0.717, 1.165) is 0 Å². The molecule has 0 unspecified atom stereocenters. The third-order valence-electron chi connectivity index (χ3n) is 2.84. The Morgan fingerprint density at radius 3 is 2.41 bits per heavy atom. The number of rotatable bonds is 5. The highest BCUT2D eigenvalue weighted by Crippen LogP contribution is 2.33. The number of aliphatic hydroxyl groups is 1. The van der Waals surface area contributed by atoms with Gasteiger partial charge in [-0.25, -0.2) is 0 Å². The summed E-state index contributed by atoms with van der Waals surface area (Å²) in [6.07, 6.45) is 3.25. The van der Waals surface area contributed by atoms with Gasteiger partial charge < -0.3 is 10.4 Å². The Bertz CT molecular complexity index is 310. The first-order chi connectivity index (χ1) is 7.96. The molecule has 1 fully saturated rings. The molecule has 0 aromatic rings. The standard InChI is InChI=1S/C13H21NO3/c1-13(2)8-11(16)10(12(17)9-13)4-6-14-5-3-7-15/h4,14-15H,3,5-9H2,1-2H3. The van der Waals surface area contributed by atoms with Gasteiger partial charge in [0, 0.05) is 26.0 Å². The van der Waals surface area contributed by atoms with Crippen LogP contribution in [0, 0.1) is 5.41 Å². The van der Waals surface area contributed by atoms with Gasteiger partial charge in [-0.2, -0.15) is 0 Å². The predicted molar refractivity (Wildman–Crippen MR) is 65.7 cm³/mol. The van der Waals surface area contributed by atoms with Crippen molar-refractivity contribution in [3.8, 4) is 0 Å². The third-order valence-corrected chi connectivity index (χ3v) is 2.84. The van der Waals surface area contributed by atoms with Crippen LogP contribution in [0.15, 0.2) is 11.6 Å². The minimum Gasteiger partial charge on any atom is -0.396 e. The molecule has 1 rings (SSSR count). The van der Waals surface area contributed by atoms with Crippen LogP contribution in [-0.4, -0.2) is 36.4 Å². The third kappa shape index (κ3) is 4.40. The van der Waals surface area contributed by atoms with Crippen LogP contribution in [0.3, 0.4) is 0 Å². The first kappa shape index (κ1) is 14.1. The number of aliphatic hydroxyl groups excluding tert-OH is 1. The fraction of sp³-hybridized carbons (Fsp3) is 0.692. The van der Waals surface area contributed by atoms with Gasteiger partial charge in [-0.3, -0.25) is 9.59 Å². The number of Topliss-reactive ketones (excluding diaryl/α,β-unsaturated/α-hetero) is 2. The molecular weight excluding hydrogens is 218 g/mol. The molecule has 0 amide bonds. The van der Waals surface area contributed by atoms with Gasteiger partial charge >= 0.3 is 0 Å². The summed E-state index contributed by atoms with van der Waals surface area (Å²) in [4.78, 5) is 23.6. The summed E-state index contributed by atoms with van der Waals surface area (Å²) in [5.41, 5.74) is 0.149. The molecule has 0 atom stereocenters. The molecule has 4 nitrogen and oxygen atoms in total. The second kappa shape index (κ2) is 6.07. The number of hydrogen-bond donors (Lipinski definition) is 2. The van der Waals surface area contributed by atoms with E-state index in [1.54, 1.807) is 6.08 Å². The molecule has 0 spiro atoms. The molecular formula is C13H21NO3. The van der Waals surface area contributed by atoms with Crippen molar-refractivity contribution in [3.63, 3.8) is 0 Å². The summed E-state index contributed by atoms with van der Waals surface area (Å²) in [5.74, 6) is -0.0922. The van der Waals surface area contributed by atoms with Crippen LogP contribution in [0.2, 0.25) is 0 Å². The minimum atomic E-state index is -0.199. The van der Waals surface area contributed by atoms with Crippen molar-refractivity contribution in [1.29, 1.82) is 0 Å². The molecule has 2 N–H and O–H groups in total. The second-order valence-electron chi connectivity index (χ2n) is 5.26. The lowest BCUT2D eigenvalue weighted by Crippen LogP contribution is -2.32.